The maximum Gasteiger partial charge on any atom is 0.268 e. The second kappa shape index (κ2) is 9.37. The summed E-state index contributed by atoms with van der Waals surface area (Å²) in [6.07, 6.45) is 2.17. The fourth-order valence-corrected chi connectivity index (χ4v) is 4.43. The minimum Gasteiger partial charge on any atom is -0.497 e. The van der Waals surface area contributed by atoms with Gasteiger partial charge < -0.3 is 14.8 Å². The molecule has 0 saturated heterocycles. The van der Waals surface area contributed by atoms with Crippen molar-refractivity contribution in [3.05, 3.63) is 87.1 Å². The highest BCUT2D eigenvalue weighted by molar-refractivity contribution is 6.04. The first-order valence-corrected chi connectivity index (χ1v) is 11.2. The number of ketones is 1. The first-order chi connectivity index (χ1) is 16.6. The molecule has 1 amide bonds. The average Bonchev–Trinajstić information content (AvgIpc) is 2.82. The fourth-order valence-electron chi connectivity index (χ4n) is 4.43. The lowest BCUT2D eigenvalue weighted by Gasteiger charge is -2.31. The summed E-state index contributed by atoms with van der Waals surface area (Å²) in [5.41, 5.74) is 0.784. The second-order valence-electron chi connectivity index (χ2n) is 9.35. The monoisotopic (exact) mass is 478 g/mol. The van der Waals surface area contributed by atoms with Crippen LogP contribution in [0.25, 0.3) is 5.69 Å². The number of nitrogens with zero attached hydrogens (tertiary/aromatic N) is 1. The van der Waals surface area contributed by atoms with E-state index < -0.39 is 22.7 Å². The van der Waals surface area contributed by atoms with E-state index in [2.05, 4.69) is 5.32 Å². The number of pyridine rings is 1. The molecular weight excluding hydrogens is 451 g/mol. The molecule has 0 atom stereocenters. The Hall–Kier alpha value is -3.94. The molecule has 3 aromatic rings. The van der Waals surface area contributed by atoms with Crippen LogP contribution in [0, 0.1) is 11.2 Å². The van der Waals surface area contributed by atoms with Gasteiger partial charge in [-0.3, -0.25) is 19.0 Å². The number of aromatic nitrogens is 1. The molecule has 182 valence electrons. The number of nitrogens with one attached hydrogen (secondary N) is 1. The Morgan fingerprint density at radius 2 is 1.77 bits per heavy atom. The lowest BCUT2D eigenvalue weighted by Crippen LogP contribution is -2.38. The number of amides is 1. The van der Waals surface area contributed by atoms with Gasteiger partial charge in [0.1, 0.15) is 22.9 Å². The maximum absolute atomic E-state index is 13.6. The molecule has 8 heteroatoms. The number of carbonyl (C=O) groups is 2. The molecular formula is C27H27FN2O5. The smallest absolute Gasteiger partial charge is 0.268 e. The van der Waals surface area contributed by atoms with Crippen LogP contribution in [0.3, 0.4) is 0 Å². The summed E-state index contributed by atoms with van der Waals surface area (Å²) < 4.78 is 25.3. The van der Waals surface area contributed by atoms with Gasteiger partial charge >= 0.3 is 0 Å². The molecule has 1 N–H and O–H groups in total. The molecule has 0 bridgehead atoms. The third kappa shape index (κ3) is 4.82. The summed E-state index contributed by atoms with van der Waals surface area (Å²) in [5.74, 6) is -0.0511. The normalized spacial score (nSPS) is 14.3. The molecule has 0 saturated carbocycles. The summed E-state index contributed by atoms with van der Waals surface area (Å²) in [6.45, 7) is 3.97. The highest BCUT2D eigenvalue weighted by atomic mass is 19.1. The molecule has 0 unspecified atom stereocenters. The molecule has 0 spiro atoms. The van der Waals surface area contributed by atoms with E-state index in [9.17, 15) is 18.8 Å². The van der Waals surface area contributed by atoms with Crippen molar-refractivity contribution in [1.29, 1.82) is 0 Å². The van der Waals surface area contributed by atoms with Gasteiger partial charge in [0.25, 0.3) is 11.5 Å². The molecule has 7 nitrogen and oxygen atoms in total. The Morgan fingerprint density at radius 1 is 1.06 bits per heavy atom. The quantitative estimate of drug-likeness (QED) is 0.577. The molecule has 1 aliphatic rings. The topological polar surface area (TPSA) is 86.6 Å². The van der Waals surface area contributed by atoms with Crippen LogP contribution in [-0.4, -0.2) is 30.5 Å². The summed E-state index contributed by atoms with van der Waals surface area (Å²) in [7, 11) is 3.06. The number of carbonyl (C=O) groups excluding carboxylic acids is 2. The average molecular weight is 479 g/mol. The summed E-state index contributed by atoms with van der Waals surface area (Å²) >= 11 is 0. The van der Waals surface area contributed by atoms with E-state index in [4.69, 9.17) is 9.47 Å². The van der Waals surface area contributed by atoms with E-state index in [0.29, 0.717) is 46.7 Å². The Morgan fingerprint density at radius 3 is 2.43 bits per heavy atom. The van der Waals surface area contributed by atoms with Gasteiger partial charge in [-0.15, -0.1) is 0 Å². The van der Waals surface area contributed by atoms with Gasteiger partial charge in [-0.2, -0.15) is 0 Å². The Balaban J connectivity index is 1.78. The molecule has 1 aromatic heterocycles. The van der Waals surface area contributed by atoms with Crippen molar-refractivity contribution < 1.29 is 23.5 Å². The molecule has 1 aliphatic carbocycles. The number of methoxy groups -OCH3 is 2. The van der Waals surface area contributed by atoms with Gasteiger partial charge in [-0.25, -0.2) is 4.39 Å². The molecule has 1 heterocycles. The number of rotatable bonds is 6. The number of fused-ring (bicyclic) bond motifs is 1. The van der Waals surface area contributed by atoms with Crippen LogP contribution in [0.15, 0.2) is 53.5 Å². The number of Topliss-reactive ketones (excluding diaryl/α,β-unsaturated/α-hetero) is 1. The molecule has 2 aromatic carbocycles. The summed E-state index contributed by atoms with van der Waals surface area (Å²) in [4.78, 5) is 40.0. The molecule has 35 heavy (non-hydrogen) atoms. The van der Waals surface area contributed by atoms with E-state index in [1.807, 2.05) is 13.8 Å². The van der Waals surface area contributed by atoms with E-state index in [0.717, 1.165) is 0 Å². The van der Waals surface area contributed by atoms with Crippen molar-refractivity contribution in [3.8, 4) is 17.2 Å². The van der Waals surface area contributed by atoms with E-state index in [1.165, 1.54) is 42.1 Å². The van der Waals surface area contributed by atoms with Gasteiger partial charge in [0.15, 0.2) is 5.78 Å². The number of hydrogen-bond acceptors (Lipinski definition) is 5. The van der Waals surface area contributed by atoms with E-state index in [-0.39, 0.29) is 17.9 Å². The van der Waals surface area contributed by atoms with Crippen LogP contribution in [0.5, 0.6) is 11.5 Å². The van der Waals surface area contributed by atoms with E-state index in [1.54, 1.807) is 25.3 Å². The largest absolute Gasteiger partial charge is 0.497 e. The lowest BCUT2D eigenvalue weighted by molar-refractivity contribution is 0.0908. The van der Waals surface area contributed by atoms with Gasteiger partial charge in [0, 0.05) is 42.0 Å². The number of hydrogen-bond donors (Lipinski definition) is 1. The number of benzene rings is 2. The molecule has 4 rings (SSSR count). The van der Waals surface area contributed by atoms with Gasteiger partial charge in [0.05, 0.1) is 14.2 Å². The van der Waals surface area contributed by atoms with Gasteiger partial charge in [-0.1, -0.05) is 13.8 Å². The van der Waals surface area contributed by atoms with Crippen LogP contribution in [0.2, 0.25) is 0 Å². The zero-order valence-electron chi connectivity index (χ0n) is 20.1. The van der Waals surface area contributed by atoms with Crippen LogP contribution in [0.4, 0.5) is 4.39 Å². The van der Waals surface area contributed by atoms with Crippen LogP contribution in [0.1, 0.15) is 52.1 Å². The van der Waals surface area contributed by atoms with Crippen molar-refractivity contribution >= 4 is 11.7 Å². The van der Waals surface area contributed by atoms with Gasteiger partial charge in [-0.05, 0) is 53.8 Å². The highest BCUT2D eigenvalue weighted by Gasteiger charge is 2.36. The predicted octanol–water partition coefficient (Wildman–Crippen LogP) is 4.08. The van der Waals surface area contributed by atoms with Crippen LogP contribution < -0.4 is 20.3 Å². The Kier molecular flexibility index (Phi) is 6.47. The minimum absolute atomic E-state index is 0.0829. The number of ether oxygens (including phenoxy) is 2. The standard InChI is InChI=1S/C27H27FN2O5/c1-27(2)12-20-21(22(31)13-27)15-30(18-8-6-17(28)7-9-18)26(33)24(20)25(32)29-14-16-5-10-19(34-3)11-23(16)35-4/h5-11,15H,12-14H2,1-4H3,(H,29,32). The highest BCUT2D eigenvalue weighted by Crippen LogP contribution is 2.36. The Bertz CT molecular complexity index is 1360. The van der Waals surface area contributed by atoms with Crippen molar-refractivity contribution in [2.45, 2.75) is 33.2 Å². The van der Waals surface area contributed by atoms with Crippen molar-refractivity contribution in [2.75, 3.05) is 14.2 Å². The van der Waals surface area contributed by atoms with Crippen molar-refractivity contribution in [2.24, 2.45) is 5.41 Å². The first-order valence-electron chi connectivity index (χ1n) is 11.2. The summed E-state index contributed by atoms with van der Waals surface area (Å²) in [5, 5.41) is 2.80. The maximum atomic E-state index is 13.6. The summed E-state index contributed by atoms with van der Waals surface area (Å²) in [6, 6.07) is 10.5. The zero-order chi connectivity index (χ0) is 25.3. The first kappa shape index (κ1) is 24.2. The Labute approximate surface area is 202 Å². The molecule has 0 aliphatic heterocycles. The fraction of sp³-hybridized carbons (Fsp3) is 0.296. The molecule has 0 radical (unpaired) electrons. The van der Waals surface area contributed by atoms with Crippen molar-refractivity contribution in [3.63, 3.8) is 0 Å². The zero-order valence-corrected chi connectivity index (χ0v) is 20.1. The minimum atomic E-state index is -0.592. The van der Waals surface area contributed by atoms with Crippen molar-refractivity contribution in [1.82, 2.24) is 9.88 Å². The third-order valence-corrected chi connectivity index (χ3v) is 6.18. The predicted molar refractivity (Wildman–Crippen MR) is 129 cm³/mol. The van der Waals surface area contributed by atoms with Gasteiger partial charge in [0.2, 0.25) is 0 Å². The van der Waals surface area contributed by atoms with Crippen LogP contribution in [-0.2, 0) is 13.0 Å². The molecule has 0 fully saturated rings. The second-order valence-corrected chi connectivity index (χ2v) is 9.35. The van der Waals surface area contributed by atoms with Crippen LogP contribution >= 0.6 is 0 Å². The third-order valence-electron chi connectivity index (χ3n) is 6.18. The number of halogens is 1. The SMILES string of the molecule is COc1ccc(CNC(=O)c2c3c(cn(-c4ccc(F)cc4)c2=O)C(=O)CC(C)(C)C3)c(OC)c1. The lowest BCUT2D eigenvalue weighted by atomic mass is 9.73. The van der Waals surface area contributed by atoms with E-state index >= 15 is 0 Å².